The lowest BCUT2D eigenvalue weighted by Gasteiger charge is -2.08. The minimum absolute atomic E-state index is 0.00212. The van der Waals surface area contributed by atoms with Crippen LogP contribution in [0.4, 0.5) is 13.2 Å². The molecule has 7 heteroatoms. The Kier molecular flexibility index (Phi) is 4.11. The normalized spacial score (nSPS) is 11.2. The second-order valence-electron chi connectivity index (χ2n) is 4.21. The fourth-order valence-corrected chi connectivity index (χ4v) is 1.61. The van der Waals surface area contributed by atoms with Crippen molar-refractivity contribution in [3.63, 3.8) is 0 Å². The van der Waals surface area contributed by atoms with E-state index in [9.17, 15) is 18.0 Å². The van der Waals surface area contributed by atoms with Gasteiger partial charge in [-0.05, 0) is 36.4 Å². The molecule has 0 atom stereocenters. The summed E-state index contributed by atoms with van der Waals surface area (Å²) in [6.45, 7) is -0.264. The van der Waals surface area contributed by atoms with Crippen LogP contribution in [-0.4, -0.2) is 23.3 Å². The van der Waals surface area contributed by atoms with E-state index in [0.717, 1.165) is 24.3 Å². The molecule has 4 nitrogen and oxygen atoms in total. The summed E-state index contributed by atoms with van der Waals surface area (Å²) < 4.78 is 42.0. The van der Waals surface area contributed by atoms with Gasteiger partial charge in [0.2, 0.25) is 0 Å². The Balaban J connectivity index is 1.96. The minimum Gasteiger partial charge on any atom is -0.456 e. The number of alkyl halides is 3. The Morgan fingerprint density at radius 2 is 1.86 bits per heavy atom. The molecule has 0 unspecified atom stereocenters. The number of benzene rings is 1. The topological polar surface area (TPSA) is 65.9 Å². The number of aromatic nitrogens is 1. The predicted octanol–water partition coefficient (Wildman–Crippen LogP) is 3.26. The number of halogens is 3. The molecule has 0 bridgehead atoms. The number of ether oxygens (including phenoxy) is 1. The van der Waals surface area contributed by atoms with E-state index in [-0.39, 0.29) is 17.9 Å². The van der Waals surface area contributed by atoms with Crippen molar-refractivity contribution in [2.45, 2.75) is 6.18 Å². The van der Waals surface area contributed by atoms with Gasteiger partial charge in [-0.15, -0.1) is 0 Å². The Morgan fingerprint density at radius 3 is 2.38 bits per heavy atom. The molecule has 0 spiro atoms. The SMILES string of the molecule is N=C(COC(=O)c1ccc(C(F)(F)F)cc1)c1ccc[nH]1. The van der Waals surface area contributed by atoms with Crippen molar-refractivity contribution < 1.29 is 22.7 Å². The highest BCUT2D eigenvalue weighted by Gasteiger charge is 2.30. The summed E-state index contributed by atoms with van der Waals surface area (Å²) in [7, 11) is 0. The van der Waals surface area contributed by atoms with Gasteiger partial charge in [-0.1, -0.05) is 0 Å². The van der Waals surface area contributed by atoms with Gasteiger partial charge >= 0.3 is 12.1 Å². The van der Waals surface area contributed by atoms with E-state index in [0.29, 0.717) is 5.69 Å². The van der Waals surface area contributed by atoms with Crippen molar-refractivity contribution in [1.82, 2.24) is 4.98 Å². The lowest BCUT2D eigenvalue weighted by molar-refractivity contribution is -0.137. The quantitative estimate of drug-likeness (QED) is 0.672. The molecule has 0 saturated carbocycles. The third-order valence-corrected chi connectivity index (χ3v) is 2.72. The van der Waals surface area contributed by atoms with Gasteiger partial charge in [0.15, 0.2) is 0 Å². The van der Waals surface area contributed by atoms with Gasteiger partial charge in [0.05, 0.1) is 22.5 Å². The van der Waals surface area contributed by atoms with Gasteiger partial charge in [0.25, 0.3) is 0 Å². The summed E-state index contributed by atoms with van der Waals surface area (Å²) in [5, 5.41) is 7.66. The second-order valence-corrected chi connectivity index (χ2v) is 4.21. The van der Waals surface area contributed by atoms with Crippen molar-refractivity contribution in [2.24, 2.45) is 0 Å². The Hall–Kier alpha value is -2.57. The molecule has 0 amide bonds. The largest absolute Gasteiger partial charge is 0.456 e. The van der Waals surface area contributed by atoms with Crippen molar-refractivity contribution >= 4 is 11.7 Å². The Bertz CT molecular complexity index is 631. The van der Waals surface area contributed by atoms with E-state index >= 15 is 0 Å². The van der Waals surface area contributed by atoms with Crippen molar-refractivity contribution in [3.05, 3.63) is 59.4 Å². The van der Waals surface area contributed by atoms with E-state index in [1.165, 1.54) is 0 Å². The third kappa shape index (κ3) is 3.71. The number of aromatic amines is 1. The third-order valence-electron chi connectivity index (χ3n) is 2.72. The van der Waals surface area contributed by atoms with E-state index in [1.807, 2.05) is 0 Å². The predicted molar refractivity (Wildman–Crippen MR) is 69.3 cm³/mol. The maximum absolute atomic E-state index is 12.4. The molecule has 1 aromatic carbocycles. The van der Waals surface area contributed by atoms with Gasteiger partial charge in [0.1, 0.15) is 6.61 Å². The Morgan fingerprint density at radius 1 is 1.19 bits per heavy atom. The maximum Gasteiger partial charge on any atom is 0.416 e. The molecule has 110 valence electrons. The number of hydrogen-bond donors (Lipinski definition) is 2. The number of hydrogen-bond acceptors (Lipinski definition) is 3. The fourth-order valence-electron chi connectivity index (χ4n) is 1.61. The van der Waals surface area contributed by atoms with Crippen LogP contribution in [0.3, 0.4) is 0 Å². The number of carbonyl (C=O) groups excluding carboxylic acids is 1. The van der Waals surface area contributed by atoms with Crippen LogP contribution in [0, 0.1) is 5.41 Å². The lowest BCUT2D eigenvalue weighted by Crippen LogP contribution is -2.15. The highest BCUT2D eigenvalue weighted by Crippen LogP contribution is 2.29. The molecule has 0 saturated heterocycles. The summed E-state index contributed by atoms with van der Waals surface area (Å²) >= 11 is 0. The van der Waals surface area contributed by atoms with Gasteiger partial charge in [0, 0.05) is 6.20 Å². The fraction of sp³-hybridized carbons (Fsp3) is 0.143. The first-order chi connectivity index (χ1) is 9.88. The molecule has 0 aliphatic rings. The van der Waals surface area contributed by atoms with Crippen molar-refractivity contribution in [2.75, 3.05) is 6.61 Å². The maximum atomic E-state index is 12.4. The molecule has 0 radical (unpaired) electrons. The van der Waals surface area contributed by atoms with Gasteiger partial charge in [-0.2, -0.15) is 13.2 Å². The van der Waals surface area contributed by atoms with Crippen LogP contribution >= 0.6 is 0 Å². The highest BCUT2D eigenvalue weighted by molar-refractivity contribution is 5.99. The summed E-state index contributed by atoms with van der Waals surface area (Å²) in [5.74, 6) is -0.778. The molecule has 0 aliphatic heterocycles. The minimum atomic E-state index is -4.45. The number of esters is 1. The van der Waals surface area contributed by atoms with E-state index in [1.54, 1.807) is 18.3 Å². The first-order valence-corrected chi connectivity index (χ1v) is 5.93. The zero-order valence-corrected chi connectivity index (χ0v) is 10.7. The van der Waals surface area contributed by atoms with Crippen LogP contribution in [-0.2, 0) is 10.9 Å². The van der Waals surface area contributed by atoms with Crippen molar-refractivity contribution in [1.29, 1.82) is 5.41 Å². The first-order valence-electron chi connectivity index (χ1n) is 5.93. The van der Waals surface area contributed by atoms with Gasteiger partial charge in [-0.3, -0.25) is 5.41 Å². The molecule has 0 aliphatic carbocycles. The molecule has 2 rings (SSSR count). The molecule has 21 heavy (non-hydrogen) atoms. The smallest absolute Gasteiger partial charge is 0.416 e. The lowest BCUT2D eigenvalue weighted by atomic mass is 10.1. The molecule has 2 N–H and O–H groups in total. The summed E-state index contributed by atoms with van der Waals surface area (Å²) in [6, 6.07) is 7.06. The second kappa shape index (κ2) is 5.82. The monoisotopic (exact) mass is 296 g/mol. The Labute approximate surface area is 118 Å². The summed E-state index contributed by atoms with van der Waals surface area (Å²) in [5.41, 5.74) is -0.254. The summed E-state index contributed by atoms with van der Waals surface area (Å²) in [4.78, 5) is 14.5. The molecule has 1 heterocycles. The number of carbonyl (C=O) groups is 1. The van der Waals surface area contributed by atoms with Crippen LogP contribution in [0.25, 0.3) is 0 Å². The average molecular weight is 296 g/mol. The van der Waals surface area contributed by atoms with Crippen molar-refractivity contribution in [3.8, 4) is 0 Å². The van der Waals surface area contributed by atoms with Crippen LogP contribution in [0.1, 0.15) is 21.6 Å². The molecule has 0 fully saturated rings. The highest BCUT2D eigenvalue weighted by atomic mass is 19.4. The van der Waals surface area contributed by atoms with Crippen LogP contribution < -0.4 is 0 Å². The molecular formula is C14H11F3N2O2. The number of nitrogens with one attached hydrogen (secondary N) is 2. The first kappa shape index (κ1) is 14.8. The standard InChI is InChI=1S/C14H11F3N2O2/c15-14(16,17)10-5-3-9(4-6-10)13(20)21-8-11(18)12-2-1-7-19-12/h1-7,18-19H,8H2. The average Bonchev–Trinajstić information content (AvgIpc) is 2.98. The van der Waals surface area contributed by atoms with Gasteiger partial charge in [-0.25, -0.2) is 4.79 Å². The zero-order valence-electron chi connectivity index (χ0n) is 10.7. The van der Waals surface area contributed by atoms with E-state index in [2.05, 4.69) is 4.98 Å². The van der Waals surface area contributed by atoms with E-state index in [4.69, 9.17) is 10.1 Å². The number of rotatable bonds is 4. The number of H-pyrrole nitrogens is 1. The summed E-state index contributed by atoms with van der Waals surface area (Å²) in [6.07, 6.45) is -2.82. The molecular weight excluding hydrogens is 285 g/mol. The zero-order chi connectivity index (χ0) is 15.5. The molecule has 1 aromatic heterocycles. The van der Waals surface area contributed by atoms with E-state index < -0.39 is 17.7 Å². The van der Waals surface area contributed by atoms with Crippen LogP contribution in [0.15, 0.2) is 42.6 Å². The van der Waals surface area contributed by atoms with Crippen LogP contribution in [0.2, 0.25) is 0 Å². The molecule has 2 aromatic rings. The van der Waals surface area contributed by atoms with Crippen LogP contribution in [0.5, 0.6) is 0 Å². The van der Waals surface area contributed by atoms with Gasteiger partial charge < -0.3 is 9.72 Å².